The number of nitrogens with zero attached hydrogens (tertiary/aromatic N) is 1. The molecule has 0 aliphatic carbocycles. The number of benzene rings is 1. The van der Waals surface area contributed by atoms with Gasteiger partial charge in [-0.05, 0) is 25.1 Å². The van der Waals surface area contributed by atoms with Crippen molar-refractivity contribution in [3.8, 4) is 0 Å². The quantitative estimate of drug-likeness (QED) is 0.925. The lowest BCUT2D eigenvalue weighted by molar-refractivity contribution is 0.102. The Hall–Kier alpha value is -1.88. The molecule has 0 saturated heterocycles. The van der Waals surface area contributed by atoms with Crippen molar-refractivity contribution in [2.24, 2.45) is 0 Å². The highest BCUT2D eigenvalue weighted by molar-refractivity contribution is 6.33. The molecule has 0 unspecified atom stereocenters. The standard InChI is InChI=1S/C14H14ClFN2O2/c1-7(2)14-18-12(8(3)20-14)13(19)17-11-6-9(16)4-5-10(11)15/h4-7H,1-3H3,(H,17,19). The van der Waals surface area contributed by atoms with Gasteiger partial charge in [-0.25, -0.2) is 9.37 Å². The number of aryl methyl sites for hydroxylation is 1. The monoisotopic (exact) mass is 296 g/mol. The Morgan fingerprint density at radius 3 is 2.75 bits per heavy atom. The number of halogens is 2. The van der Waals surface area contributed by atoms with Crippen LogP contribution in [0.25, 0.3) is 0 Å². The number of rotatable bonds is 3. The number of amides is 1. The van der Waals surface area contributed by atoms with E-state index in [0.29, 0.717) is 11.7 Å². The molecule has 4 nitrogen and oxygen atoms in total. The summed E-state index contributed by atoms with van der Waals surface area (Å²) in [7, 11) is 0. The van der Waals surface area contributed by atoms with Crippen molar-refractivity contribution < 1.29 is 13.6 Å². The van der Waals surface area contributed by atoms with Crippen LogP contribution < -0.4 is 5.32 Å². The maximum atomic E-state index is 13.1. The van der Waals surface area contributed by atoms with Crippen LogP contribution in [0.15, 0.2) is 22.6 Å². The molecule has 0 radical (unpaired) electrons. The van der Waals surface area contributed by atoms with E-state index in [0.717, 1.165) is 6.07 Å². The number of anilines is 1. The Balaban J connectivity index is 2.26. The lowest BCUT2D eigenvalue weighted by Crippen LogP contribution is -2.14. The molecule has 0 aliphatic heterocycles. The molecule has 0 fully saturated rings. The van der Waals surface area contributed by atoms with E-state index in [1.807, 2.05) is 13.8 Å². The number of oxazole rings is 1. The molecule has 0 aliphatic rings. The van der Waals surface area contributed by atoms with E-state index in [4.69, 9.17) is 16.0 Å². The Morgan fingerprint density at radius 1 is 1.45 bits per heavy atom. The summed E-state index contributed by atoms with van der Waals surface area (Å²) in [4.78, 5) is 16.3. The van der Waals surface area contributed by atoms with Crippen LogP contribution in [-0.4, -0.2) is 10.9 Å². The topological polar surface area (TPSA) is 55.1 Å². The summed E-state index contributed by atoms with van der Waals surface area (Å²) in [6.45, 7) is 5.48. The molecule has 1 aromatic carbocycles. The predicted octanol–water partition coefficient (Wildman–Crippen LogP) is 4.15. The molecular formula is C14H14ClFN2O2. The second kappa shape index (κ2) is 5.63. The van der Waals surface area contributed by atoms with Crippen molar-refractivity contribution in [1.82, 2.24) is 4.98 Å². The first kappa shape index (κ1) is 14.5. The molecule has 20 heavy (non-hydrogen) atoms. The second-order valence-electron chi connectivity index (χ2n) is 4.69. The number of nitrogens with one attached hydrogen (secondary N) is 1. The first-order valence-electron chi connectivity index (χ1n) is 6.12. The molecule has 1 heterocycles. The van der Waals surface area contributed by atoms with Crippen LogP contribution in [0.3, 0.4) is 0 Å². The maximum Gasteiger partial charge on any atom is 0.277 e. The summed E-state index contributed by atoms with van der Waals surface area (Å²) in [6, 6.07) is 3.75. The second-order valence-corrected chi connectivity index (χ2v) is 5.10. The highest BCUT2D eigenvalue weighted by Gasteiger charge is 2.19. The van der Waals surface area contributed by atoms with E-state index >= 15 is 0 Å². The van der Waals surface area contributed by atoms with E-state index in [2.05, 4.69) is 10.3 Å². The van der Waals surface area contributed by atoms with Gasteiger partial charge in [0, 0.05) is 5.92 Å². The van der Waals surface area contributed by atoms with Gasteiger partial charge in [-0.1, -0.05) is 25.4 Å². The zero-order valence-electron chi connectivity index (χ0n) is 11.3. The van der Waals surface area contributed by atoms with Gasteiger partial charge in [0.25, 0.3) is 5.91 Å². The van der Waals surface area contributed by atoms with Gasteiger partial charge in [-0.3, -0.25) is 4.79 Å². The Bertz CT molecular complexity index is 653. The largest absolute Gasteiger partial charge is 0.445 e. The van der Waals surface area contributed by atoms with Crippen LogP contribution in [0.2, 0.25) is 5.02 Å². The minimum Gasteiger partial charge on any atom is -0.445 e. The van der Waals surface area contributed by atoms with Crippen molar-refractivity contribution in [2.45, 2.75) is 26.7 Å². The van der Waals surface area contributed by atoms with Gasteiger partial charge >= 0.3 is 0 Å². The molecular weight excluding hydrogens is 283 g/mol. The minimum atomic E-state index is -0.482. The van der Waals surface area contributed by atoms with Crippen LogP contribution in [0.5, 0.6) is 0 Å². The number of hydrogen-bond donors (Lipinski definition) is 1. The van der Waals surface area contributed by atoms with Crippen LogP contribution >= 0.6 is 11.6 Å². The number of carbonyl (C=O) groups is 1. The SMILES string of the molecule is Cc1oc(C(C)C)nc1C(=O)Nc1cc(F)ccc1Cl. The van der Waals surface area contributed by atoms with Gasteiger partial charge in [-0.15, -0.1) is 0 Å². The third kappa shape index (κ3) is 2.99. The van der Waals surface area contributed by atoms with Crippen molar-refractivity contribution in [3.05, 3.63) is 46.4 Å². The fraction of sp³-hybridized carbons (Fsp3) is 0.286. The number of carbonyl (C=O) groups excluding carboxylic acids is 1. The first-order valence-corrected chi connectivity index (χ1v) is 6.50. The molecule has 6 heteroatoms. The molecule has 0 spiro atoms. The van der Waals surface area contributed by atoms with E-state index in [-0.39, 0.29) is 22.3 Å². The average Bonchev–Trinajstić information content (AvgIpc) is 2.76. The fourth-order valence-corrected chi connectivity index (χ4v) is 1.81. The molecule has 1 N–H and O–H groups in total. The first-order chi connectivity index (χ1) is 9.38. The van der Waals surface area contributed by atoms with Crippen molar-refractivity contribution in [1.29, 1.82) is 0 Å². The third-order valence-electron chi connectivity index (χ3n) is 2.70. The molecule has 2 aromatic rings. The summed E-state index contributed by atoms with van der Waals surface area (Å²) >= 11 is 5.90. The summed E-state index contributed by atoms with van der Waals surface area (Å²) in [5.74, 6) is 0.0137. The van der Waals surface area contributed by atoms with Crippen molar-refractivity contribution >= 4 is 23.2 Å². The average molecular weight is 297 g/mol. The van der Waals surface area contributed by atoms with E-state index < -0.39 is 11.7 Å². The Labute approximate surface area is 121 Å². The van der Waals surface area contributed by atoms with Crippen LogP contribution in [0.4, 0.5) is 10.1 Å². The molecule has 1 amide bonds. The summed E-state index contributed by atoms with van der Waals surface area (Å²) in [5, 5.41) is 2.78. The molecule has 1 aromatic heterocycles. The summed E-state index contributed by atoms with van der Waals surface area (Å²) in [5.41, 5.74) is 0.374. The highest BCUT2D eigenvalue weighted by Crippen LogP contribution is 2.24. The molecule has 106 valence electrons. The van der Waals surface area contributed by atoms with Crippen molar-refractivity contribution in [2.75, 3.05) is 5.32 Å². The predicted molar refractivity (Wildman–Crippen MR) is 74.7 cm³/mol. The van der Waals surface area contributed by atoms with Gasteiger partial charge in [0.05, 0.1) is 10.7 Å². The summed E-state index contributed by atoms with van der Waals surface area (Å²) < 4.78 is 18.6. The molecule has 0 saturated carbocycles. The molecule has 0 bridgehead atoms. The fourth-order valence-electron chi connectivity index (χ4n) is 1.65. The van der Waals surface area contributed by atoms with Gasteiger partial charge < -0.3 is 9.73 Å². The summed E-state index contributed by atoms with van der Waals surface area (Å²) in [6.07, 6.45) is 0. The highest BCUT2D eigenvalue weighted by atomic mass is 35.5. The van der Waals surface area contributed by atoms with Crippen molar-refractivity contribution in [3.63, 3.8) is 0 Å². The zero-order valence-corrected chi connectivity index (χ0v) is 12.1. The number of aromatic nitrogens is 1. The van der Waals surface area contributed by atoms with Crippen LogP contribution in [-0.2, 0) is 0 Å². The van der Waals surface area contributed by atoms with Crippen LogP contribution in [0.1, 0.15) is 41.9 Å². The minimum absolute atomic E-state index is 0.0769. The molecule has 2 rings (SSSR count). The number of hydrogen-bond acceptors (Lipinski definition) is 3. The van der Waals surface area contributed by atoms with Gasteiger partial charge in [-0.2, -0.15) is 0 Å². The van der Waals surface area contributed by atoms with Gasteiger partial charge in [0.1, 0.15) is 11.6 Å². The van der Waals surface area contributed by atoms with E-state index in [1.54, 1.807) is 6.92 Å². The van der Waals surface area contributed by atoms with Gasteiger partial charge in [0.2, 0.25) is 0 Å². The molecule has 0 atom stereocenters. The third-order valence-corrected chi connectivity index (χ3v) is 3.03. The maximum absolute atomic E-state index is 13.1. The van der Waals surface area contributed by atoms with Gasteiger partial charge in [0.15, 0.2) is 11.6 Å². The van der Waals surface area contributed by atoms with E-state index in [1.165, 1.54) is 12.1 Å². The van der Waals surface area contributed by atoms with Crippen LogP contribution in [0, 0.1) is 12.7 Å². The Kier molecular flexibility index (Phi) is 4.09. The Morgan fingerprint density at radius 2 is 2.15 bits per heavy atom. The van der Waals surface area contributed by atoms with E-state index in [9.17, 15) is 9.18 Å². The smallest absolute Gasteiger partial charge is 0.277 e. The lowest BCUT2D eigenvalue weighted by atomic mass is 10.2. The zero-order chi connectivity index (χ0) is 14.9. The lowest BCUT2D eigenvalue weighted by Gasteiger charge is -2.05. The normalized spacial score (nSPS) is 10.9.